The number of nitrogens with one attached hydrogen (secondary N) is 1. The lowest BCUT2D eigenvalue weighted by molar-refractivity contribution is -0.137. The molecule has 1 aromatic heterocycles. The molecule has 0 fully saturated rings. The van der Waals surface area contributed by atoms with Crippen LogP contribution in [0.1, 0.15) is 18.5 Å². The van der Waals surface area contributed by atoms with E-state index in [1.807, 2.05) is 6.07 Å². The Morgan fingerprint density at radius 2 is 2.19 bits per heavy atom. The summed E-state index contributed by atoms with van der Waals surface area (Å²) >= 11 is 0. The first-order chi connectivity index (χ1) is 7.68. The predicted octanol–water partition coefficient (Wildman–Crippen LogP) is 0.605. The second kappa shape index (κ2) is 6.55. The number of amides is 1. The van der Waals surface area contributed by atoms with Gasteiger partial charge in [-0.15, -0.1) is 0 Å². The quantitative estimate of drug-likeness (QED) is 0.691. The average Bonchev–Trinajstić information content (AvgIpc) is 2.25. The Bertz CT molecular complexity index is 352. The van der Waals surface area contributed by atoms with Crippen LogP contribution in [0.25, 0.3) is 0 Å². The molecule has 1 rings (SSSR count). The van der Waals surface area contributed by atoms with E-state index in [-0.39, 0.29) is 18.7 Å². The number of hydrogen-bond donors (Lipinski definition) is 2. The van der Waals surface area contributed by atoms with Crippen molar-refractivity contribution in [3.63, 3.8) is 0 Å². The van der Waals surface area contributed by atoms with Crippen LogP contribution in [-0.2, 0) is 16.0 Å². The molecule has 5 nitrogen and oxygen atoms in total. The molecular formula is C11H14N2O3. The van der Waals surface area contributed by atoms with Crippen molar-refractivity contribution in [1.82, 2.24) is 10.3 Å². The number of rotatable bonds is 6. The van der Waals surface area contributed by atoms with Gasteiger partial charge in [0.15, 0.2) is 0 Å². The maximum Gasteiger partial charge on any atom is 0.303 e. The zero-order valence-corrected chi connectivity index (χ0v) is 8.85. The number of nitrogens with zero attached hydrogens (tertiary/aromatic N) is 1. The van der Waals surface area contributed by atoms with Gasteiger partial charge in [-0.3, -0.25) is 14.6 Å². The molecule has 1 heterocycles. The number of carbonyl (C=O) groups is 2. The zero-order chi connectivity index (χ0) is 11.8. The van der Waals surface area contributed by atoms with E-state index in [0.717, 1.165) is 0 Å². The number of aromatic nitrogens is 1. The van der Waals surface area contributed by atoms with Gasteiger partial charge in [0, 0.05) is 24.9 Å². The zero-order valence-electron chi connectivity index (χ0n) is 8.85. The van der Waals surface area contributed by atoms with Crippen molar-refractivity contribution in [2.45, 2.75) is 19.3 Å². The highest BCUT2D eigenvalue weighted by Gasteiger charge is 2.03. The molecule has 5 heteroatoms. The van der Waals surface area contributed by atoms with E-state index in [9.17, 15) is 9.59 Å². The van der Waals surface area contributed by atoms with Crippen LogP contribution in [0.15, 0.2) is 24.4 Å². The SMILES string of the molecule is O=C(O)CCCNC(=O)Cc1ccccn1. The standard InChI is InChI=1S/C11H14N2O3/c14-10(13-7-3-5-11(15)16)8-9-4-1-2-6-12-9/h1-2,4,6H,3,5,7-8H2,(H,13,14)(H,15,16). The van der Waals surface area contributed by atoms with E-state index in [0.29, 0.717) is 18.7 Å². The number of pyridine rings is 1. The van der Waals surface area contributed by atoms with Gasteiger partial charge in [0.1, 0.15) is 0 Å². The van der Waals surface area contributed by atoms with E-state index in [1.54, 1.807) is 18.3 Å². The predicted molar refractivity (Wildman–Crippen MR) is 57.8 cm³/mol. The molecule has 0 unspecified atom stereocenters. The Balaban J connectivity index is 2.19. The highest BCUT2D eigenvalue weighted by Crippen LogP contribution is 1.94. The first-order valence-electron chi connectivity index (χ1n) is 5.07. The summed E-state index contributed by atoms with van der Waals surface area (Å²) in [6.07, 6.45) is 2.38. The summed E-state index contributed by atoms with van der Waals surface area (Å²) in [4.78, 5) is 25.6. The van der Waals surface area contributed by atoms with Crippen LogP contribution >= 0.6 is 0 Å². The molecule has 0 atom stereocenters. The smallest absolute Gasteiger partial charge is 0.303 e. The summed E-state index contributed by atoms with van der Waals surface area (Å²) in [6.45, 7) is 0.387. The molecule has 0 aliphatic carbocycles. The molecule has 0 saturated heterocycles. The molecule has 2 N–H and O–H groups in total. The third-order valence-corrected chi connectivity index (χ3v) is 1.96. The van der Waals surface area contributed by atoms with Crippen molar-refractivity contribution in [3.8, 4) is 0 Å². The minimum Gasteiger partial charge on any atom is -0.481 e. The minimum absolute atomic E-state index is 0.0733. The normalized spacial score (nSPS) is 9.75. The fraction of sp³-hybridized carbons (Fsp3) is 0.364. The molecule has 0 aromatic carbocycles. The molecular weight excluding hydrogens is 208 g/mol. The summed E-state index contributed by atoms with van der Waals surface area (Å²) < 4.78 is 0. The summed E-state index contributed by atoms with van der Waals surface area (Å²) in [5.74, 6) is -0.983. The van der Waals surface area contributed by atoms with Crippen LogP contribution < -0.4 is 5.32 Å². The summed E-state index contributed by atoms with van der Waals surface area (Å²) in [6, 6.07) is 5.38. The number of carboxylic acids is 1. The highest BCUT2D eigenvalue weighted by molar-refractivity contribution is 5.78. The van der Waals surface area contributed by atoms with Gasteiger partial charge in [0.05, 0.1) is 6.42 Å². The lowest BCUT2D eigenvalue weighted by Gasteiger charge is -2.03. The lowest BCUT2D eigenvalue weighted by Crippen LogP contribution is -2.26. The molecule has 0 aliphatic rings. The maximum atomic E-state index is 11.4. The number of carboxylic acid groups (broad SMARTS) is 1. The Kier molecular flexibility index (Phi) is 4.98. The molecule has 0 aliphatic heterocycles. The van der Waals surface area contributed by atoms with Crippen LogP contribution in [-0.4, -0.2) is 28.5 Å². The molecule has 0 spiro atoms. The topological polar surface area (TPSA) is 79.3 Å². The fourth-order valence-electron chi connectivity index (χ4n) is 1.20. The first-order valence-corrected chi connectivity index (χ1v) is 5.07. The highest BCUT2D eigenvalue weighted by atomic mass is 16.4. The van der Waals surface area contributed by atoms with Crippen LogP contribution in [0.5, 0.6) is 0 Å². The molecule has 1 aromatic rings. The Hall–Kier alpha value is -1.91. The molecule has 1 amide bonds. The van der Waals surface area contributed by atoms with Gasteiger partial charge in [-0.05, 0) is 18.6 Å². The van der Waals surface area contributed by atoms with Crippen LogP contribution in [0, 0.1) is 0 Å². The first kappa shape index (κ1) is 12.2. The third-order valence-electron chi connectivity index (χ3n) is 1.96. The number of hydrogen-bond acceptors (Lipinski definition) is 3. The van der Waals surface area contributed by atoms with Gasteiger partial charge in [-0.2, -0.15) is 0 Å². The van der Waals surface area contributed by atoms with Gasteiger partial charge in [-0.1, -0.05) is 6.07 Å². The van der Waals surface area contributed by atoms with Crippen LogP contribution in [0.3, 0.4) is 0 Å². The second-order valence-corrected chi connectivity index (χ2v) is 3.35. The fourth-order valence-corrected chi connectivity index (χ4v) is 1.20. The maximum absolute atomic E-state index is 11.4. The van der Waals surface area contributed by atoms with Gasteiger partial charge >= 0.3 is 5.97 Å². The van der Waals surface area contributed by atoms with Crippen LogP contribution in [0.4, 0.5) is 0 Å². The Morgan fingerprint density at radius 3 is 2.81 bits per heavy atom. The van der Waals surface area contributed by atoms with Gasteiger partial charge < -0.3 is 10.4 Å². The van der Waals surface area contributed by atoms with Gasteiger partial charge in [0.25, 0.3) is 0 Å². The number of carbonyl (C=O) groups excluding carboxylic acids is 1. The van der Waals surface area contributed by atoms with Crippen molar-refractivity contribution in [3.05, 3.63) is 30.1 Å². The van der Waals surface area contributed by atoms with Crippen molar-refractivity contribution >= 4 is 11.9 Å². The number of aliphatic carboxylic acids is 1. The monoisotopic (exact) mass is 222 g/mol. The molecule has 0 radical (unpaired) electrons. The summed E-state index contributed by atoms with van der Waals surface area (Å²) in [5, 5.41) is 11.0. The van der Waals surface area contributed by atoms with Crippen molar-refractivity contribution in [2.75, 3.05) is 6.54 Å². The van der Waals surface area contributed by atoms with E-state index < -0.39 is 5.97 Å². The summed E-state index contributed by atoms with van der Waals surface area (Å²) in [7, 11) is 0. The van der Waals surface area contributed by atoms with Crippen molar-refractivity contribution in [1.29, 1.82) is 0 Å². The minimum atomic E-state index is -0.848. The largest absolute Gasteiger partial charge is 0.481 e. The van der Waals surface area contributed by atoms with Crippen molar-refractivity contribution < 1.29 is 14.7 Å². The molecule has 16 heavy (non-hydrogen) atoms. The van der Waals surface area contributed by atoms with Gasteiger partial charge in [-0.25, -0.2) is 0 Å². The molecule has 0 bridgehead atoms. The van der Waals surface area contributed by atoms with Gasteiger partial charge in [0.2, 0.25) is 5.91 Å². The Morgan fingerprint density at radius 1 is 1.38 bits per heavy atom. The van der Waals surface area contributed by atoms with E-state index in [4.69, 9.17) is 5.11 Å². The van der Waals surface area contributed by atoms with E-state index >= 15 is 0 Å². The van der Waals surface area contributed by atoms with Crippen molar-refractivity contribution in [2.24, 2.45) is 0 Å². The van der Waals surface area contributed by atoms with Crippen LogP contribution in [0.2, 0.25) is 0 Å². The summed E-state index contributed by atoms with van der Waals surface area (Å²) in [5.41, 5.74) is 0.707. The van der Waals surface area contributed by atoms with E-state index in [2.05, 4.69) is 10.3 Å². The Labute approximate surface area is 93.5 Å². The third kappa shape index (κ3) is 5.09. The van der Waals surface area contributed by atoms with E-state index in [1.165, 1.54) is 0 Å². The second-order valence-electron chi connectivity index (χ2n) is 3.35. The average molecular weight is 222 g/mol. The molecule has 0 saturated carbocycles. The lowest BCUT2D eigenvalue weighted by atomic mass is 10.2. The molecule has 86 valence electrons.